The summed E-state index contributed by atoms with van der Waals surface area (Å²) in [6.07, 6.45) is 6.20. The Morgan fingerprint density at radius 1 is 0.978 bits per heavy atom. The minimum atomic E-state index is -1.11. The van der Waals surface area contributed by atoms with Crippen LogP contribution < -0.4 is 20.4 Å². The van der Waals surface area contributed by atoms with Crippen LogP contribution >= 0.6 is 0 Å². The van der Waals surface area contributed by atoms with Crippen LogP contribution in [0.25, 0.3) is 0 Å². The highest BCUT2D eigenvalue weighted by molar-refractivity contribution is 5.93. The molecular formula is C34H38F2N6O4. The summed E-state index contributed by atoms with van der Waals surface area (Å²) in [4.78, 5) is 27.3. The number of carbonyl (C=O) groups excluding carboxylic acids is 1. The number of aliphatic hydroxyl groups excluding tert-OH is 1. The maximum absolute atomic E-state index is 14.2. The predicted octanol–water partition coefficient (Wildman–Crippen LogP) is 2.39. The number of aromatic nitrogens is 2. The number of aliphatic hydroxyl groups is 1. The average molecular weight is 633 g/mol. The number of morpholine rings is 2. The van der Waals surface area contributed by atoms with Crippen molar-refractivity contribution in [1.29, 1.82) is 0 Å². The van der Waals surface area contributed by atoms with Crippen molar-refractivity contribution < 1.29 is 28.2 Å². The third kappa shape index (κ3) is 7.62. The minimum Gasteiger partial charge on any atom is -0.390 e. The van der Waals surface area contributed by atoms with Crippen LogP contribution in [-0.4, -0.2) is 92.3 Å². The molecule has 1 aliphatic carbocycles. The maximum atomic E-state index is 14.2. The third-order valence-electron chi connectivity index (χ3n) is 8.70. The normalized spacial score (nSPS) is 18.8. The molecule has 3 N–H and O–H groups in total. The standard InChI is InChI=1S/C34H38F2N6O4/c1-2-23-4-3-5-25(16-23)34(6-7-34)37-22-30(43)28(19-24-17-26(35)20-27(36)18-24)38-32(44)29-21-31(41-8-12-45-13-9-41)40-33(39-29)42-10-14-46-15-11-42/h1,3-5,16-18,20-21,28,30,37,43H,6-15,19,22H2,(H,38,44)/t28-,30+/m0/s1. The molecule has 2 aromatic carbocycles. The Labute approximate surface area is 267 Å². The van der Waals surface area contributed by atoms with Crippen molar-refractivity contribution >= 4 is 17.7 Å². The highest BCUT2D eigenvalue weighted by atomic mass is 19.1. The predicted molar refractivity (Wildman–Crippen MR) is 169 cm³/mol. The highest BCUT2D eigenvalue weighted by Crippen LogP contribution is 2.45. The molecule has 2 saturated heterocycles. The van der Waals surface area contributed by atoms with Crippen LogP contribution in [0.1, 0.15) is 40.0 Å². The van der Waals surface area contributed by atoms with E-state index >= 15 is 0 Å². The van der Waals surface area contributed by atoms with Crippen molar-refractivity contribution in [3.8, 4) is 12.3 Å². The molecule has 12 heteroatoms. The highest BCUT2D eigenvalue weighted by Gasteiger charge is 2.44. The number of rotatable bonds is 11. The summed E-state index contributed by atoms with van der Waals surface area (Å²) in [5, 5.41) is 17.9. The van der Waals surface area contributed by atoms with Gasteiger partial charge in [-0.25, -0.2) is 13.8 Å². The largest absolute Gasteiger partial charge is 0.390 e. The summed E-state index contributed by atoms with van der Waals surface area (Å²) in [5.74, 6) is 1.66. The molecule has 10 nitrogen and oxygen atoms in total. The number of amides is 1. The SMILES string of the molecule is C#Cc1cccc(C2(NC[C@@H](O)[C@H](Cc3cc(F)cc(F)c3)NC(=O)c3cc(N4CCOCC4)nc(N4CCOCC4)n3)CC2)c1. The lowest BCUT2D eigenvalue weighted by molar-refractivity contribution is 0.0817. The molecule has 6 rings (SSSR count). The van der Waals surface area contributed by atoms with E-state index in [9.17, 15) is 18.7 Å². The van der Waals surface area contributed by atoms with E-state index in [2.05, 4.69) is 21.5 Å². The first-order valence-electron chi connectivity index (χ1n) is 15.6. The monoisotopic (exact) mass is 632 g/mol. The second-order valence-corrected chi connectivity index (χ2v) is 11.9. The van der Waals surface area contributed by atoms with Gasteiger partial charge in [-0.2, -0.15) is 4.98 Å². The van der Waals surface area contributed by atoms with Gasteiger partial charge in [-0.1, -0.05) is 18.1 Å². The number of nitrogens with zero attached hydrogens (tertiary/aromatic N) is 4. The summed E-state index contributed by atoms with van der Waals surface area (Å²) in [5.41, 5.74) is 1.87. The molecule has 242 valence electrons. The zero-order valence-electron chi connectivity index (χ0n) is 25.6. The number of anilines is 2. The first-order chi connectivity index (χ1) is 22.3. The fourth-order valence-electron chi connectivity index (χ4n) is 5.95. The Kier molecular flexibility index (Phi) is 9.75. The number of halogens is 2. The molecule has 2 atom stereocenters. The lowest BCUT2D eigenvalue weighted by Crippen LogP contribution is -2.50. The van der Waals surface area contributed by atoms with E-state index in [1.165, 1.54) is 12.1 Å². The molecule has 0 spiro atoms. The Hall–Kier alpha value is -4.15. The fraction of sp³-hybridized carbons (Fsp3) is 0.441. The quantitative estimate of drug-likeness (QED) is 0.275. The van der Waals surface area contributed by atoms with Gasteiger partial charge in [-0.05, 0) is 54.7 Å². The van der Waals surface area contributed by atoms with Crippen LogP contribution in [0.2, 0.25) is 0 Å². The molecule has 0 unspecified atom stereocenters. The lowest BCUT2D eigenvalue weighted by atomic mass is 9.98. The lowest BCUT2D eigenvalue weighted by Gasteiger charge is -2.31. The molecule has 3 fully saturated rings. The number of hydrogen-bond acceptors (Lipinski definition) is 9. The first-order valence-corrected chi connectivity index (χ1v) is 15.6. The number of carbonyl (C=O) groups is 1. The van der Waals surface area contributed by atoms with Gasteiger partial charge in [0.2, 0.25) is 5.95 Å². The van der Waals surface area contributed by atoms with E-state index < -0.39 is 29.7 Å². The summed E-state index contributed by atoms with van der Waals surface area (Å²) >= 11 is 0. The Bertz CT molecular complexity index is 1530. The number of ether oxygens (including phenoxy) is 2. The second kappa shape index (κ2) is 14.1. The van der Waals surface area contributed by atoms with Crippen molar-refractivity contribution in [2.24, 2.45) is 0 Å². The van der Waals surface area contributed by atoms with Crippen LogP contribution in [0.4, 0.5) is 20.5 Å². The van der Waals surface area contributed by atoms with Crippen molar-refractivity contribution in [2.75, 3.05) is 69.0 Å². The molecule has 1 amide bonds. The number of nitrogens with one attached hydrogen (secondary N) is 2. The maximum Gasteiger partial charge on any atom is 0.270 e. The molecule has 1 aromatic heterocycles. The third-order valence-corrected chi connectivity index (χ3v) is 8.70. The second-order valence-electron chi connectivity index (χ2n) is 11.9. The van der Waals surface area contributed by atoms with E-state index in [0.717, 1.165) is 30.0 Å². The molecule has 2 aliphatic heterocycles. The minimum absolute atomic E-state index is 0.0133. The Balaban J connectivity index is 1.24. The van der Waals surface area contributed by atoms with Gasteiger partial charge < -0.3 is 35.0 Å². The van der Waals surface area contributed by atoms with E-state index in [1.807, 2.05) is 34.1 Å². The van der Waals surface area contributed by atoms with Gasteiger partial charge in [0.15, 0.2) is 0 Å². The van der Waals surface area contributed by atoms with Gasteiger partial charge in [-0.15, -0.1) is 6.42 Å². The smallest absolute Gasteiger partial charge is 0.270 e. The van der Waals surface area contributed by atoms with Gasteiger partial charge in [0.25, 0.3) is 5.91 Å². The molecule has 0 radical (unpaired) electrons. The van der Waals surface area contributed by atoms with Crippen LogP contribution in [0, 0.1) is 24.0 Å². The van der Waals surface area contributed by atoms with E-state index in [0.29, 0.717) is 69.9 Å². The van der Waals surface area contributed by atoms with Crippen molar-refractivity contribution in [2.45, 2.75) is 36.9 Å². The van der Waals surface area contributed by atoms with Gasteiger partial charge in [-0.3, -0.25) is 4.79 Å². The zero-order chi connectivity index (χ0) is 32.1. The van der Waals surface area contributed by atoms with Gasteiger partial charge in [0, 0.05) is 56.0 Å². The van der Waals surface area contributed by atoms with Gasteiger partial charge >= 0.3 is 0 Å². The van der Waals surface area contributed by atoms with Gasteiger partial charge in [0.1, 0.15) is 23.1 Å². The van der Waals surface area contributed by atoms with E-state index in [4.69, 9.17) is 20.9 Å². The average Bonchev–Trinajstić information content (AvgIpc) is 3.88. The molecule has 3 heterocycles. The molecular weight excluding hydrogens is 594 g/mol. The van der Waals surface area contributed by atoms with Gasteiger partial charge in [0.05, 0.1) is 38.6 Å². The van der Waals surface area contributed by atoms with Crippen molar-refractivity contribution in [3.63, 3.8) is 0 Å². The topological polar surface area (TPSA) is 112 Å². The first kappa shape index (κ1) is 31.8. The number of hydrogen-bond donors (Lipinski definition) is 3. The molecule has 46 heavy (non-hydrogen) atoms. The summed E-state index contributed by atoms with van der Waals surface area (Å²) in [6.45, 7) is 4.63. The molecule has 1 saturated carbocycles. The van der Waals surface area contributed by atoms with Crippen molar-refractivity contribution in [1.82, 2.24) is 20.6 Å². The number of terminal acetylenes is 1. The Morgan fingerprint density at radius 3 is 2.30 bits per heavy atom. The number of benzene rings is 2. The van der Waals surface area contributed by atoms with Crippen LogP contribution in [-0.2, 0) is 21.4 Å². The molecule has 0 bridgehead atoms. The fourth-order valence-corrected chi connectivity index (χ4v) is 5.95. The Morgan fingerprint density at radius 2 is 1.65 bits per heavy atom. The van der Waals surface area contributed by atoms with Crippen LogP contribution in [0.15, 0.2) is 48.5 Å². The summed E-state index contributed by atoms with van der Waals surface area (Å²) in [7, 11) is 0. The van der Waals surface area contributed by atoms with Crippen molar-refractivity contribution in [3.05, 3.63) is 82.5 Å². The molecule has 3 aliphatic rings. The summed E-state index contributed by atoms with van der Waals surface area (Å²) in [6, 6.07) is 11.6. The molecule has 3 aromatic rings. The summed E-state index contributed by atoms with van der Waals surface area (Å²) < 4.78 is 39.3. The van der Waals surface area contributed by atoms with E-state index in [-0.39, 0.29) is 24.2 Å². The van der Waals surface area contributed by atoms with Crippen LogP contribution in [0.5, 0.6) is 0 Å². The van der Waals surface area contributed by atoms with Crippen LogP contribution in [0.3, 0.4) is 0 Å². The zero-order valence-corrected chi connectivity index (χ0v) is 25.6. The van der Waals surface area contributed by atoms with E-state index in [1.54, 1.807) is 6.07 Å².